The zero-order chi connectivity index (χ0) is 8.72. The first-order valence-corrected chi connectivity index (χ1v) is 3.76. The van der Waals surface area contributed by atoms with Crippen LogP contribution in [-0.4, -0.2) is 14.6 Å². The molecule has 0 spiro atoms. The second kappa shape index (κ2) is 2.20. The molecule has 2 aromatic rings. The Balaban J connectivity index is 2.88. The van der Waals surface area contributed by atoms with Crippen molar-refractivity contribution in [3.63, 3.8) is 0 Å². The normalized spacial score (nSPS) is 10.8. The van der Waals surface area contributed by atoms with Gasteiger partial charge in [-0.15, -0.1) is 0 Å². The minimum absolute atomic E-state index is 0.542. The molecule has 0 unspecified atom stereocenters. The Morgan fingerprint density at radius 3 is 2.83 bits per heavy atom. The Morgan fingerprint density at radius 2 is 2.08 bits per heavy atom. The van der Waals surface area contributed by atoms with Gasteiger partial charge < -0.3 is 5.73 Å². The highest BCUT2D eigenvalue weighted by Gasteiger charge is 2.01. The molecule has 0 radical (unpaired) electrons. The van der Waals surface area contributed by atoms with Crippen LogP contribution in [0.1, 0.15) is 11.4 Å². The summed E-state index contributed by atoms with van der Waals surface area (Å²) in [6, 6.07) is 3.71. The Bertz CT molecular complexity index is 430. The summed E-state index contributed by atoms with van der Waals surface area (Å²) < 4.78 is 1.78. The highest BCUT2D eigenvalue weighted by molar-refractivity contribution is 5.46. The summed E-state index contributed by atoms with van der Waals surface area (Å²) in [5.41, 5.74) is 8.35. The molecule has 0 aliphatic carbocycles. The molecular formula is C8H10N4. The number of nitrogen functional groups attached to an aromatic ring is 1. The fourth-order valence-corrected chi connectivity index (χ4v) is 1.26. The molecule has 2 N–H and O–H groups in total. The summed E-state index contributed by atoms with van der Waals surface area (Å²) in [5.74, 6) is 0.542. The molecule has 2 heterocycles. The number of aromatic nitrogens is 3. The van der Waals surface area contributed by atoms with Gasteiger partial charge >= 0.3 is 0 Å². The van der Waals surface area contributed by atoms with E-state index in [-0.39, 0.29) is 0 Å². The van der Waals surface area contributed by atoms with Gasteiger partial charge in [-0.05, 0) is 13.8 Å². The van der Waals surface area contributed by atoms with Crippen molar-refractivity contribution in [2.75, 3.05) is 5.73 Å². The van der Waals surface area contributed by atoms with Gasteiger partial charge in [-0.3, -0.25) is 0 Å². The third-order valence-corrected chi connectivity index (χ3v) is 1.75. The molecule has 12 heavy (non-hydrogen) atoms. The van der Waals surface area contributed by atoms with E-state index in [1.807, 2.05) is 19.9 Å². The third kappa shape index (κ3) is 0.922. The second-order valence-electron chi connectivity index (χ2n) is 2.88. The van der Waals surface area contributed by atoms with Gasteiger partial charge in [-0.25, -0.2) is 9.50 Å². The van der Waals surface area contributed by atoms with Gasteiger partial charge in [0.15, 0.2) is 5.65 Å². The van der Waals surface area contributed by atoms with E-state index in [9.17, 15) is 0 Å². The molecular weight excluding hydrogens is 152 g/mol. The van der Waals surface area contributed by atoms with E-state index in [4.69, 9.17) is 5.73 Å². The first-order valence-electron chi connectivity index (χ1n) is 3.76. The van der Waals surface area contributed by atoms with Crippen LogP contribution in [0.5, 0.6) is 0 Å². The zero-order valence-electron chi connectivity index (χ0n) is 7.07. The van der Waals surface area contributed by atoms with E-state index in [1.54, 1.807) is 10.6 Å². The van der Waals surface area contributed by atoms with Crippen LogP contribution in [0.4, 0.5) is 5.82 Å². The van der Waals surface area contributed by atoms with Gasteiger partial charge in [-0.2, -0.15) is 5.10 Å². The Labute approximate surface area is 70.0 Å². The van der Waals surface area contributed by atoms with Gasteiger partial charge in [0.05, 0.1) is 5.69 Å². The van der Waals surface area contributed by atoms with Crippen molar-refractivity contribution in [1.29, 1.82) is 0 Å². The van der Waals surface area contributed by atoms with Crippen molar-refractivity contribution in [2.45, 2.75) is 13.8 Å². The summed E-state index contributed by atoms with van der Waals surface area (Å²) in [6.07, 6.45) is 0. The molecule has 2 aromatic heterocycles. The largest absolute Gasteiger partial charge is 0.384 e. The highest BCUT2D eigenvalue weighted by Crippen LogP contribution is 2.09. The first kappa shape index (κ1) is 7.09. The number of aryl methyl sites for hydroxylation is 2. The monoisotopic (exact) mass is 162 g/mol. The molecule has 62 valence electrons. The van der Waals surface area contributed by atoms with Crippen LogP contribution < -0.4 is 5.73 Å². The van der Waals surface area contributed by atoms with Gasteiger partial charge in [0.2, 0.25) is 0 Å². The Hall–Kier alpha value is -1.58. The lowest BCUT2D eigenvalue weighted by Crippen LogP contribution is -1.99. The van der Waals surface area contributed by atoms with E-state index in [0.29, 0.717) is 5.82 Å². The molecule has 0 saturated carbocycles. The van der Waals surface area contributed by atoms with Crippen LogP contribution in [0, 0.1) is 13.8 Å². The molecule has 0 atom stereocenters. The van der Waals surface area contributed by atoms with Crippen molar-refractivity contribution in [1.82, 2.24) is 14.6 Å². The number of nitrogens with zero attached hydrogens (tertiary/aromatic N) is 3. The molecule has 0 fully saturated rings. The predicted octanol–water partition coefficient (Wildman–Crippen LogP) is 0.928. The van der Waals surface area contributed by atoms with Crippen molar-refractivity contribution in [3.05, 3.63) is 23.5 Å². The lowest BCUT2D eigenvalue weighted by molar-refractivity contribution is 0.879. The summed E-state index contributed by atoms with van der Waals surface area (Å²) in [6.45, 7) is 3.89. The van der Waals surface area contributed by atoms with Crippen LogP contribution in [0.3, 0.4) is 0 Å². The molecule has 0 bridgehead atoms. The SMILES string of the molecule is Cc1cc2nc(N)cc(C)n2n1. The average molecular weight is 162 g/mol. The molecule has 4 heteroatoms. The number of hydrogen-bond acceptors (Lipinski definition) is 3. The van der Waals surface area contributed by atoms with Crippen LogP contribution >= 0.6 is 0 Å². The van der Waals surface area contributed by atoms with Crippen molar-refractivity contribution in [2.24, 2.45) is 0 Å². The van der Waals surface area contributed by atoms with Gasteiger partial charge in [0, 0.05) is 17.8 Å². The number of fused-ring (bicyclic) bond motifs is 1. The maximum atomic E-state index is 5.58. The first-order chi connectivity index (χ1) is 5.66. The van der Waals surface area contributed by atoms with Gasteiger partial charge in [-0.1, -0.05) is 0 Å². The van der Waals surface area contributed by atoms with Crippen molar-refractivity contribution >= 4 is 11.5 Å². The number of anilines is 1. The fraction of sp³-hybridized carbons (Fsp3) is 0.250. The molecule has 0 aromatic carbocycles. The van der Waals surface area contributed by atoms with E-state index < -0.39 is 0 Å². The number of nitrogens with two attached hydrogens (primary N) is 1. The van der Waals surface area contributed by atoms with Crippen LogP contribution in [0.25, 0.3) is 5.65 Å². The minimum Gasteiger partial charge on any atom is -0.384 e. The van der Waals surface area contributed by atoms with E-state index in [1.165, 1.54) is 0 Å². The Kier molecular flexibility index (Phi) is 1.30. The standard InChI is InChI=1S/C8H10N4/c1-5-3-8-10-7(9)4-6(2)12(8)11-5/h3-4H,1-2H3,(H2,9,10). The quantitative estimate of drug-likeness (QED) is 0.627. The molecule has 0 saturated heterocycles. The average Bonchev–Trinajstić information content (AvgIpc) is 2.29. The third-order valence-electron chi connectivity index (χ3n) is 1.75. The summed E-state index contributed by atoms with van der Waals surface area (Å²) in [5, 5.41) is 4.25. The van der Waals surface area contributed by atoms with Crippen LogP contribution in [-0.2, 0) is 0 Å². The minimum atomic E-state index is 0.542. The van der Waals surface area contributed by atoms with Crippen LogP contribution in [0.15, 0.2) is 12.1 Å². The van der Waals surface area contributed by atoms with E-state index in [0.717, 1.165) is 17.0 Å². The smallest absolute Gasteiger partial charge is 0.157 e. The highest BCUT2D eigenvalue weighted by atomic mass is 15.3. The molecule has 0 amide bonds. The molecule has 0 aliphatic heterocycles. The maximum absolute atomic E-state index is 5.58. The van der Waals surface area contributed by atoms with E-state index in [2.05, 4.69) is 10.1 Å². The fourth-order valence-electron chi connectivity index (χ4n) is 1.26. The van der Waals surface area contributed by atoms with Gasteiger partial charge in [0.1, 0.15) is 5.82 Å². The molecule has 0 aliphatic rings. The molecule has 4 nitrogen and oxygen atoms in total. The second-order valence-corrected chi connectivity index (χ2v) is 2.88. The maximum Gasteiger partial charge on any atom is 0.157 e. The van der Waals surface area contributed by atoms with Crippen molar-refractivity contribution in [3.8, 4) is 0 Å². The number of hydrogen-bond donors (Lipinski definition) is 1. The van der Waals surface area contributed by atoms with Crippen molar-refractivity contribution < 1.29 is 0 Å². The molecule has 2 rings (SSSR count). The zero-order valence-corrected chi connectivity index (χ0v) is 7.07. The number of rotatable bonds is 0. The Morgan fingerprint density at radius 1 is 1.33 bits per heavy atom. The van der Waals surface area contributed by atoms with Gasteiger partial charge in [0.25, 0.3) is 0 Å². The lowest BCUT2D eigenvalue weighted by Gasteiger charge is -1.98. The summed E-state index contributed by atoms with van der Waals surface area (Å²) >= 11 is 0. The predicted molar refractivity (Wildman–Crippen MR) is 46.9 cm³/mol. The summed E-state index contributed by atoms with van der Waals surface area (Å²) in [4.78, 5) is 4.14. The summed E-state index contributed by atoms with van der Waals surface area (Å²) in [7, 11) is 0. The van der Waals surface area contributed by atoms with E-state index >= 15 is 0 Å². The van der Waals surface area contributed by atoms with Crippen LogP contribution in [0.2, 0.25) is 0 Å². The topological polar surface area (TPSA) is 56.2 Å². The lowest BCUT2D eigenvalue weighted by atomic mass is 10.4.